The second-order valence-corrected chi connectivity index (χ2v) is 6.47. The van der Waals surface area contributed by atoms with Crippen molar-refractivity contribution in [1.29, 1.82) is 0 Å². The molecule has 3 rings (SSSR count). The van der Waals surface area contributed by atoms with Gasteiger partial charge in [-0.3, -0.25) is 9.69 Å². The number of carbonyl (C=O) groups excluding carboxylic acids is 1. The number of benzene rings is 1. The average molecular weight is 327 g/mol. The molecular weight excluding hydrogens is 302 g/mol. The van der Waals surface area contributed by atoms with Gasteiger partial charge in [-0.2, -0.15) is 0 Å². The Kier molecular flexibility index (Phi) is 5.64. The smallest absolute Gasteiger partial charge is 0.290 e. The van der Waals surface area contributed by atoms with Crippen LogP contribution < -0.4 is 5.32 Å². The fraction of sp³-hybridized carbons (Fsp3) is 0.474. The number of hydrogen-bond acceptors (Lipinski definition) is 4. The van der Waals surface area contributed by atoms with E-state index in [2.05, 4.69) is 33.6 Å². The van der Waals surface area contributed by atoms with E-state index in [1.807, 2.05) is 6.07 Å². The first-order valence-electron chi connectivity index (χ1n) is 8.73. The van der Waals surface area contributed by atoms with Crippen molar-refractivity contribution in [3.63, 3.8) is 0 Å². The summed E-state index contributed by atoms with van der Waals surface area (Å²) in [5.41, 5.74) is 3.15. The number of hydrogen-bond donors (Lipinski definition) is 1. The molecule has 128 valence electrons. The number of rotatable bonds is 5. The molecule has 0 atom stereocenters. The molecule has 1 aliphatic heterocycles. The van der Waals surface area contributed by atoms with Crippen molar-refractivity contribution in [3.05, 3.63) is 52.9 Å². The van der Waals surface area contributed by atoms with Gasteiger partial charge in [0.2, 0.25) is 5.76 Å². The lowest BCUT2D eigenvalue weighted by Gasteiger charge is -2.21. The summed E-state index contributed by atoms with van der Waals surface area (Å²) in [6.45, 7) is 5.59. The molecule has 0 spiro atoms. The Morgan fingerprint density at radius 1 is 1.17 bits per heavy atom. The van der Waals surface area contributed by atoms with Crippen LogP contribution in [-0.4, -0.2) is 29.1 Å². The molecular formula is C19H25N3O2. The van der Waals surface area contributed by atoms with Crippen LogP contribution in [0.4, 0.5) is 0 Å². The van der Waals surface area contributed by atoms with Crippen LogP contribution in [0.3, 0.4) is 0 Å². The zero-order chi connectivity index (χ0) is 16.8. The summed E-state index contributed by atoms with van der Waals surface area (Å²) >= 11 is 0. The molecule has 24 heavy (non-hydrogen) atoms. The van der Waals surface area contributed by atoms with Gasteiger partial charge in [0.25, 0.3) is 5.91 Å². The Bertz CT molecular complexity index is 673. The fourth-order valence-electron chi connectivity index (χ4n) is 3.15. The largest absolute Gasteiger partial charge is 0.351 e. The predicted molar refractivity (Wildman–Crippen MR) is 92.6 cm³/mol. The van der Waals surface area contributed by atoms with Crippen LogP contribution >= 0.6 is 0 Å². The first kappa shape index (κ1) is 16.7. The van der Waals surface area contributed by atoms with Gasteiger partial charge in [-0.15, -0.1) is 0 Å². The van der Waals surface area contributed by atoms with Crippen LogP contribution in [0.1, 0.15) is 53.1 Å². The van der Waals surface area contributed by atoms with Crippen molar-refractivity contribution < 1.29 is 9.32 Å². The number of aryl methyl sites for hydroxylation is 1. The molecule has 1 aliphatic rings. The molecule has 0 bridgehead atoms. The molecule has 0 unspecified atom stereocenters. The molecule has 1 aromatic carbocycles. The van der Waals surface area contributed by atoms with Crippen LogP contribution in [-0.2, 0) is 13.1 Å². The fourth-order valence-corrected chi connectivity index (χ4v) is 3.15. The first-order chi connectivity index (χ1) is 11.7. The monoisotopic (exact) mass is 327 g/mol. The van der Waals surface area contributed by atoms with Crippen LogP contribution in [0.5, 0.6) is 0 Å². The molecule has 2 aromatic rings. The third-order valence-electron chi connectivity index (χ3n) is 4.50. The van der Waals surface area contributed by atoms with E-state index in [1.165, 1.54) is 31.2 Å². The number of aromatic nitrogens is 1. The van der Waals surface area contributed by atoms with Crippen molar-refractivity contribution in [1.82, 2.24) is 15.4 Å². The van der Waals surface area contributed by atoms with Crippen LogP contribution in [0.2, 0.25) is 0 Å². The van der Waals surface area contributed by atoms with Gasteiger partial charge in [-0.05, 0) is 44.0 Å². The summed E-state index contributed by atoms with van der Waals surface area (Å²) in [4.78, 5) is 14.6. The Hall–Kier alpha value is -2.14. The molecule has 0 radical (unpaired) electrons. The molecule has 1 N–H and O–H groups in total. The number of carbonyl (C=O) groups is 1. The van der Waals surface area contributed by atoms with Gasteiger partial charge in [0.15, 0.2) is 0 Å². The third kappa shape index (κ3) is 4.45. The molecule has 1 fully saturated rings. The van der Waals surface area contributed by atoms with E-state index in [0.717, 1.165) is 25.2 Å². The van der Waals surface area contributed by atoms with E-state index in [4.69, 9.17) is 4.52 Å². The Balaban J connectivity index is 1.62. The summed E-state index contributed by atoms with van der Waals surface area (Å²) in [5, 5.41) is 6.68. The summed E-state index contributed by atoms with van der Waals surface area (Å²) in [7, 11) is 0. The highest BCUT2D eigenvalue weighted by Crippen LogP contribution is 2.16. The second-order valence-electron chi connectivity index (χ2n) is 6.47. The van der Waals surface area contributed by atoms with E-state index in [1.54, 1.807) is 13.0 Å². The number of nitrogens with one attached hydrogen (secondary N) is 1. The second kappa shape index (κ2) is 8.11. The minimum Gasteiger partial charge on any atom is -0.351 e. The van der Waals surface area contributed by atoms with Gasteiger partial charge in [0.1, 0.15) is 0 Å². The zero-order valence-electron chi connectivity index (χ0n) is 14.3. The lowest BCUT2D eigenvalue weighted by molar-refractivity contribution is 0.0913. The topological polar surface area (TPSA) is 58.4 Å². The summed E-state index contributed by atoms with van der Waals surface area (Å²) in [6, 6.07) is 9.98. The van der Waals surface area contributed by atoms with Gasteiger partial charge in [-0.25, -0.2) is 0 Å². The van der Waals surface area contributed by atoms with Crippen molar-refractivity contribution >= 4 is 5.91 Å². The molecule has 5 nitrogen and oxygen atoms in total. The standard InChI is InChI=1S/C19H25N3O2/c1-15-12-18(24-21-15)19(23)20-13-16-8-4-5-9-17(16)14-22-10-6-2-3-7-11-22/h4-5,8-9,12H,2-3,6-7,10-11,13-14H2,1H3,(H,20,23). The number of likely N-dealkylation sites (tertiary alicyclic amines) is 1. The van der Waals surface area contributed by atoms with E-state index in [9.17, 15) is 4.79 Å². The van der Waals surface area contributed by atoms with Gasteiger partial charge < -0.3 is 9.84 Å². The predicted octanol–water partition coefficient (Wildman–Crippen LogP) is 3.29. The van der Waals surface area contributed by atoms with Crippen molar-refractivity contribution in [2.75, 3.05) is 13.1 Å². The van der Waals surface area contributed by atoms with Crippen molar-refractivity contribution in [2.45, 2.75) is 45.7 Å². The zero-order valence-corrected chi connectivity index (χ0v) is 14.3. The minimum absolute atomic E-state index is 0.222. The number of amides is 1. The normalized spacial score (nSPS) is 15.9. The summed E-state index contributed by atoms with van der Waals surface area (Å²) in [6.07, 6.45) is 5.24. The molecule has 1 aromatic heterocycles. The van der Waals surface area contributed by atoms with Crippen LogP contribution in [0.25, 0.3) is 0 Å². The van der Waals surface area contributed by atoms with E-state index in [0.29, 0.717) is 12.2 Å². The van der Waals surface area contributed by atoms with Crippen LogP contribution in [0, 0.1) is 6.92 Å². The maximum Gasteiger partial charge on any atom is 0.290 e. The maximum absolute atomic E-state index is 12.1. The highest BCUT2D eigenvalue weighted by molar-refractivity contribution is 5.91. The Morgan fingerprint density at radius 2 is 1.88 bits per heavy atom. The average Bonchev–Trinajstić information content (AvgIpc) is 2.87. The molecule has 0 saturated carbocycles. The van der Waals surface area contributed by atoms with Gasteiger partial charge >= 0.3 is 0 Å². The molecule has 2 heterocycles. The third-order valence-corrected chi connectivity index (χ3v) is 4.50. The SMILES string of the molecule is Cc1cc(C(=O)NCc2ccccc2CN2CCCCCC2)on1. The molecule has 0 aliphatic carbocycles. The van der Waals surface area contributed by atoms with E-state index in [-0.39, 0.29) is 11.7 Å². The van der Waals surface area contributed by atoms with Crippen molar-refractivity contribution in [3.8, 4) is 0 Å². The Morgan fingerprint density at radius 3 is 2.54 bits per heavy atom. The highest BCUT2D eigenvalue weighted by Gasteiger charge is 2.14. The lowest BCUT2D eigenvalue weighted by Crippen LogP contribution is -2.26. The quantitative estimate of drug-likeness (QED) is 0.915. The highest BCUT2D eigenvalue weighted by atomic mass is 16.5. The maximum atomic E-state index is 12.1. The van der Waals surface area contributed by atoms with Crippen molar-refractivity contribution in [2.24, 2.45) is 0 Å². The van der Waals surface area contributed by atoms with E-state index < -0.39 is 0 Å². The molecule has 5 heteroatoms. The van der Waals surface area contributed by atoms with Gasteiger partial charge in [-0.1, -0.05) is 42.3 Å². The van der Waals surface area contributed by atoms with E-state index >= 15 is 0 Å². The minimum atomic E-state index is -0.222. The number of nitrogens with zero attached hydrogens (tertiary/aromatic N) is 2. The van der Waals surface area contributed by atoms with Gasteiger partial charge in [0.05, 0.1) is 5.69 Å². The molecule has 1 saturated heterocycles. The Labute approximate surface area is 143 Å². The first-order valence-corrected chi connectivity index (χ1v) is 8.73. The van der Waals surface area contributed by atoms with Crippen LogP contribution in [0.15, 0.2) is 34.9 Å². The summed E-state index contributed by atoms with van der Waals surface area (Å²) < 4.78 is 5.01. The summed E-state index contributed by atoms with van der Waals surface area (Å²) in [5.74, 6) is 0.0395. The van der Waals surface area contributed by atoms with Gasteiger partial charge in [0, 0.05) is 19.2 Å². The molecule has 1 amide bonds. The lowest BCUT2D eigenvalue weighted by atomic mass is 10.1.